The minimum Gasteiger partial charge on any atom is -0.495 e. The quantitative estimate of drug-likeness (QED) is 0.266. The summed E-state index contributed by atoms with van der Waals surface area (Å²) in [6.45, 7) is 6.69. The predicted octanol–water partition coefficient (Wildman–Crippen LogP) is 6.04. The van der Waals surface area contributed by atoms with Crippen LogP contribution in [0.25, 0.3) is 22.7 Å². The van der Waals surface area contributed by atoms with Crippen molar-refractivity contribution in [2.45, 2.75) is 33.2 Å². The third-order valence-electron chi connectivity index (χ3n) is 6.25. The van der Waals surface area contributed by atoms with Crippen LogP contribution in [0.15, 0.2) is 89.7 Å². The first-order valence-corrected chi connectivity index (χ1v) is 12.6. The van der Waals surface area contributed by atoms with E-state index in [1.807, 2.05) is 90.7 Å². The molecule has 0 aliphatic heterocycles. The van der Waals surface area contributed by atoms with Crippen molar-refractivity contribution < 1.29 is 9.53 Å². The van der Waals surface area contributed by atoms with E-state index in [0.29, 0.717) is 41.1 Å². The van der Waals surface area contributed by atoms with E-state index in [1.54, 1.807) is 23.8 Å². The van der Waals surface area contributed by atoms with Crippen LogP contribution < -0.4 is 10.3 Å². The molecule has 1 heterocycles. The van der Waals surface area contributed by atoms with E-state index in [0.717, 1.165) is 5.56 Å². The van der Waals surface area contributed by atoms with E-state index >= 15 is 0 Å². The standard InChI is InChI=1S/C31H33N3O3/c1-5-26(33(21-22(2)3)29(35)20-19-23-13-7-6-8-14-23)30-32-25-16-10-9-15-24(25)31(36)34(30)27-17-11-12-18-28(27)37-4/h6-20,22,26H,5,21H2,1-4H3/b20-19+. The number of aromatic nitrogens is 2. The second-order valence-corrected chi connectivity index (χ2v) is 9.35. The number of amides is 1. The zero-order valence-corrected chi connectivity index (χ0v) is 21.8. The summed E-state index contributed by atoms with van der Waals surface area (Å²) in [5.74, 6) is 1.16. The number of methoxy groups -OCH3 is 1. The summed E-state index contributed by atoms with van der Waals surface area (Å²) in [7, 11) is 1.58. The number of fused-ring (bicyclic) bond motifs is 1. The molecular formula is C31H33N3O3. The molecule has 0 aliphatic rings. The van der Waals surface area contributed by atoms with Gasteiger partial charge in [0.05, 0.1) is 29.7 Å². The average molecular weight is 496 g/mol. The van der Waals surface area contributed by atoms with Crippen LogP contribution >= 0.6 is 0 Å². The molecule has 0 bridgehead atoms. The zero-order valence-electron chi connectivity index (χ0n) is 21.8. The fourth-order valence-electron chi connectivity index (χ4n) is 4.55. The van der Waals surface area contributed by atoms with E-state index in [4.69, 9.17) is 9.72 Å². The molecule has 1 unspecified atom stereocenters. The van der Waals surface area contributed by atoms with Gasteiger partial charge in [0.25, 0.3) is 5.56 Å². The Morgan fingerprint density at radius 1 is 1.00 bits per heavy atom. The molecule has 6 heteroatoms. The van der Waals surface area contributed by atoms with Crippen molar-refractivity contribution in [2.24, 2.45) is 5.92 Å². The molecule has 1 amide bonds. The number of rotatable bonds is 9. The lowest BCUT2D eigenvalue weighted by Crippen LogP contribution is -2.39. The van der Waals surface area contributed by atoms with Crippen molar-refractivity contribution in [1.29, 1.82) is 0 Å². The van der Waals surface area contributed by atoms with Gasteiger partial charge < -0.3 is 9.64 Å². The topological polar surface area (TPSA) is 64.4 Å². The molecule has 0 saturated carbocycles. The van der Waals surface area contributed by atoms with Gasteiger partial charge in [-0.05, 0) is 48.2 Å². The van der Waals surface area contributed by atoms with Crippen LogP contribution in [0.3, 0.4) is 0 Å². The molecule has 0 radical (unpaired) electrons. The molecule has 0 fully saturated rings. The first-order valence-electron chi connectivity index (χ1n) is 12.6. The summed E-state index contributed by atoms with van der Waals surface area (Å²) >= 11 is 0. The Labute approximate surface area is 217 Å². The summed E-state index contributed by atoms with van der Waals surface area (Å²) in [6.07, 6.45) is 4.01. The smallest absolute Gasteiger partial charge is 0.266 e. The van der Waals surface area contributed by atoms with Crippen LogP contribution in [-0.2, 0) is 4.79 Å². The third-order valence-corrected chi connectivity index (χ3v) is 6.25. The number of benzene rings is 3. The Balaban J connectivity index is 1.91. The summed E-state index contributed by atoms with van der Waals surface area (Å²) in [4.78, 5) is 34.4. The number of carbonyl (C=O) groups excluding carboxylic acids is 1. The van der Waals surface area contributed by atoms with Crippen molar-refractivity contribution in [1.82, 2.24) is 14.5 Å². The number of nitrogens with zero attached hydrogens (tertiary/aromatic N) is 3. The Bertz CT molecular complexity index is 1460. The lowest BCUT2D eigenvalue weighted by Gasteiger charge is -2.33. The van der Waals surface area contributed by atoms with Crippen LogP contribution in [-0.4, -0.2) is 34.0 Å². The molecule has 4 rings (SSSR count). The van der Waals surface area contributed by atoms with Gasteiger partial charge in [-0.3, -0.25) is 14.2 Å². The number of hydrogen-bond donors (Lipinski definition) is 0. The maximum absolute atomic E-state index is 13.9. The monoisotopic (exact) mass is 495 g/mol. The lowest BCUT2D eigenvalue weighted by atomic mass is 10.1. The van der Waals surface area contributed by atoms with E-state index in [2.05, 4.69) is 13.8 Å². The van der Waals surface area contributed by atoms with Crippen molar-refractivity contribution >= 4 is 22.9 Å². The highest BCUT2D eigenvalue weighted by Gasteiger charge is 2.29. The average Bonchev–Trinajstić information content (AvgIpc) is 2.92. The van der Waals surface area contributed by atoms with Gasteiger partial charge in [0.15, 0.2) is 0 Å². The molecule has 0 N–H and O–H groups in total. The summed E-state index contributed by atoms with van der Waals surface area (Å²) < 4.78 is 7.22. The van der Waals surface area contributed by atoms with Crippen LogP contribution in [0.2, 0.25) is 0 Å². The van der Waals surface area contributed by atoms with Gasteiger partial charge >= 0.3 is 0 Å². The number of hydrogen-bond acceptors (Lipinski definition) is 4. The van der Waals surface area contributed by atoms with E-state index < -0.39 is 6.04 Å². The second-order valence-electron chi connectivity index (χ2n) is 9.35. The highest BCUT2D eigenvalue weighted by molar-refractivity contribution is 5.92. The Morgan fingerprint density at radius 3 is 2.38 bits per heavy atom. The number of para-hydroxylation sites is 3. The highest BCUT2D eigenvalue weighted by Crippen LogP contribution is 2.30. The molecule has 4 aromatic rings. The first kappa shape index (κ1) is 25.9. The molecule has 3 aromatic carbocycles. The Morgan fingerprint density at radius 2 is 1.68 bits per heavy atom. The molecule has 1 aromatic heterocycles. The molecule has 190 valence electrons. The minimum atomic E-state index is -0.433. The molecule has 37 heavy (non-hydrogen) atoms. The van der Waals surface area contributed by atoms with Gasteiger partial charge in [-0.15, -0.1) is 0 Å². The minimum absolute atomic E-state index is 0.126. The van der Waals surface area contributed by atoms with Crippen molar-refractivity contribution in [3.8, 4) is 11.4 Å². The molecular weight excluding hydrogens is 462 g/mol. The van der Waals surface area contributed by atoms with Gasteiger partial charge in [-0.25, -0.2) is 4.98 Å². The van der Waals surface area contributed by atoms with E-state index in [1.165, 1.54) is 0 Å². The molecule has 0 spiro atoms. The lowest BCUT2D eigenvalue weighted by molar-refractivity contribution is -0.129. The third kappa shape index (κ3) is 5.64. The highest BCUT2D eigenvalue weighted by atomic mass is 16.5. The summed E-state index contributed by atoms with van der Waals surface area (Å²) in [5.41, 5.74) is 1.95. The number of ether oxygens (including phenoxy) is 1. The molecule has 6 nitrogen and oxygen atoms in total. The van der Waals surface area contributed by atoms with Gasteiger partial charge in [0, 0.05) is 12.6 Å². The van der Waals surface area contributed by atoms with Gasteiger partial charge in [-0.1, -0.05) is 75.4 Å². The fraction of sp³-hybridized carbons (Fsp3) is 0.258. The normalized spacial score (nSPS) is 12.2. The van der Waals surface area contributed by atoms with Gasteiger partial charge in [-0.2, -0.15) is 0 Å². The SMILES string of the molecule is CCC(c1nc2ccccc2c(=O)n1-c1ccccc1OC)N(CC(C)C)C(=O)/C=C/c1ccccc1. The molecule has 0 saturated heterocycles. The second kappa shape index (κ2) is 11.7. The fourth-order valence-corrected chi connectivity index (χ4v) is 4.55. The number of carbonyl (C=O) groups is 1. The zero-order chi connectivity index (χ0) is 26.4. The van der Waals surface area contributed by atoms with Crippen LogP contribution in [0.5, 0.6) is 5.75 Å². The first-order chi connectivity index (χ1) is 17.9. The maximum atomic E-state index is 13.9. The predicted molar refractivity (Wildman–Crippen MR) is 149 cm³/mol. The Kier molecular flexibility index (Phi) is 8.18. The molecule has 1 atom stereocenters. The van der Waals surface area contributed by atoms with Gasteiger partial charge in [0.1, 0.15) is 11.6 Å². The van der Waals surface area contributed by atoms with Crippen LogP contribution in [0, 0.1) is 5.92 Å². The largest absolute Gasteiger partial charge is 0.495 e. The van der Waals surface area contributed by atoms with Crippen molar-refractivity contribution in [2.75, 3.05) is 13.7 Å². The van der Waals surface area contributed by atoms with Crippen molar-refractivity contribution in [3.63, 3.8) is 0 Å². The summed E-state index contributed by atoms with van der Waals surface area (Å²) in [5, 5.41) is 0.512. The van der Waals surface area contributed by atoms with Gasteiger partial charge in [0.2, 0.25) is 5.91 Å². The van der Waals surface area contributed by atoms with Crippen molar-refractivity contribution in [3.05, 3.63) is 107 Å². The molecule has 0 aliphatic carbocycles. The van der Waals surface area contributed by atoms with E-state index in [-0.39, 0.29) is 17.4 Å². The van der Waals surface area contributed by atoms with Crippen LogP contribution in [0.4, 0.5) is 0 Å². The summed E-state index contributed by atoms with van der Waals surface area (Å²) in [6, 6.07) is 24.0. The van der Waals surface area contributed by atoms with E-state index in [9.17, 15) is 9.59 Å². The Hall–Kier alpha value is -4.19. The van der Waals surface area contributed by atoms with Crippen LogP contribution in [0.1, 0.15) is 44.6 Å². The maximum Gasteiger partial charge on any atom is 0.266 e.